The van der Waals surface area contributed by atoms with Crippen molar-refractivity contribution < 1.29 is 14.7 Å². The van der Waals surface area contributed by atoms with Crippen molar-refractivity contribution in [2.45, 2.75) is 68.9 Å². The van der Waals surface area contributed by atoms with Crippen LogP contribution in [-0.2, 0) is 9.59 Å². The number of thioether (sulfide) groups is 1. The van der Waals surface area contributed by atoms with E-state index in [1.54, 1.807) is 11.8 Å². The van der Waals surface area contributed by atoms with Crippen molar-refractivity contribution in [2.24, 2.45) is 11.8 Å². The Bertz CT molecular complexity index is 410. The van der Waals surface area contributed by atoms with Crippen LogP contribution in [0.2, 0.25) is 0 Å². The van der Waals surface area contributed by atoms with Crippen LogP contribution >= 0.6 is 11.8 Å². The molecule has 1 saturated heterocycles. The van der Waals surface area contributed by atoms with E-state index in [0.717, 1.165) is 32.1 Å². The average molecular weight is 323 g/mol. The van der Waals surface area contributed by atoms with E-state index < -0.39 is 6.00 Å². The molecule has 1 N–H and O–H groups in total. The van der Waals surface area contributed by atoms with Gasteiger partial charge < -0.3 is 5.11 Å². The second-order valence-corrected chi connectivity index (χ2v) is 8.31. The van der Waals surface area contributed by atoms with Crippen molar-refractivity contribution in [1.29, 1.82) is 0 Å². The monoisotopic (exact) mass is 323 g/mol. The first-order valence-electron chi connectivity index (χ1n) is 8.35. The third-order valence-corrected chi connectivity index (χ3v) is 6.48. The summed E-state index contributed by atoms with van der Waals surface area (Å²) in [6.07, 6.45) is 4.98. The highest BCUT2D eigenvalue weighted by Gasteiger charge is 2.40. The van der Waals surface area contributed by atoms with Crippen LogP contribution in [0.4, 0.5) is 0 Å². The van der Waals surface area contributed by atoms with Crippen LogP contribution in [0.1, 0.15) is 52.4 Å². The zero-order valence-electron chi connectivity index (χ0n) is 13.5. The number of hydrogen-bond acceptors (Lipinski definition) is 4. The molecular formula is C16H26BNO3S. The standard InChI is InChI=1S/C16H26BNO3S/c1-3-10(2)22-13-8-14(19)18(16(13)21)9-11-4-6-12(7-5-11)15(17)20/h10-13,15,20H,3-9H2,1-2H3. The molecule has 6 heteroatoms. The van der Waals surface area contributed by atoms with Crippen molar-refractivity contribution >= 4 is 31.4 Å². The molecule has 0 aromatic heterocycles. The highest BCUT2D eigenvalue weighted by atomic mass is 32.2. The molecule has 22 heavy (non-hydrogen) atoms. The molecule has 3 atom stereocenters. The molecule has 1 heterocycles. The normalized spacial score (nSPS) is 32.3. The number of nitrogens with zero attached hydrogens (tertiary/aromatic N) is 1. The van der Waals surface area contributed by atoms with Crippen LogP contribution < -0.4 is 0 Å². The second kappa shape index (κ2) is 7.87. The Kier molecular flexibility index (Phi) is 6.39. The maximum Gasteiger partial charge on any atom is 0.242 e. The number of likely N-dealkylation sites (tertiary alicyclic amines) is 1. The van der Waals surface area contributed by atoms with Crippen molar-refractivity contribution in [3.05, 3.63) is 0 Å². The summed E-state index contributed by atoms with van der Waals surface area (Å²) in [4.78, 5) is 26.1. The van der Waals surface area contributed by atoms with Gasteiger partial charge in [0.2, 0.25) is 11.8 Å². The van der Waals surface area contributed by atoms with Crippen molar-refractivity contribution in [2.75, 3.05) is 6.54 Å². The maximum absolute atomic E-state index is 12.4. The summed E-state index contributed by atoms with van der Waals surface area (Å²) in [6, 6.07) is -0.743. The molecule has 1 saturated carbocycles. The van der Waals surface area contributed by atoms with E-state index in [4.69, 9.17) is 7.85 Å². The average Bonchev–Trinajstić information content (AvgIpc) is 2.75. The molecule has 1 aliphatic carbocycles. The van der Waals surface area contributed by atoms with Gasteiger partial charge in [-0.2, -0.15) is 0 Å². The number of hydrogen-bond donors (Lipinski definition) is 1. The van der Waals surface area contributed by atoms with Crippen LogP contribution in [0.5, 0.6) is 0 Å². The minimum absolute atomic E-state index is 0.00344. The van der Waals surface area contributed by atoms with Crippen molar-refractivity contribution in [1.82, 2.24) is 4.90 Å². The summed E-state index contributed by atoms with van der Waals surface area (Å²) < 4.78 is 0. The molecule has 4 nitrogen and oxygen atoms in total. The highest BCUT2D eigenvalue weighted by Crippen LogP contribution is 2.34. The van der Waals surface area contributed by atoms with Crippen molar-refractivity contribution in [3.63, 3.8) is 0 Å². The number of imide groups is 1. The Labute approximate surface area is 138 Å². The lowest BCUT2D eigenvalue weighted by atomic mass is 9.74. The molecule has 2 fully saturated rings. The zero-order valence-corrected chi connectivity index (χ0v) is 14.3. The molecule has 0 spiro atoms. The molecule has 3 unspecified atom stereocenters. The Morgan fingerprint density at radius 2 is 1.95 bits per heavy atom. The molecule has 1 aliphatic heterocycles. The summed E-state index contributed by atoms with van der Waals surface area (Å²) >= 11 is 1.63. The fraction of sp³-hybridized carbons (Fsp3) is 0.875. The van der Waals surface area contributed by atoms with Crippen LogP contribution in [0.3, 0.4) is 0 Å². The summed E-state index contributed by atoms with van der Waals surface area (Å²) in [6.45, 7) is 4.74. The Hall–Kier alpha value is -0.485. The van der Waals surface area contributed by atoms with Gasteiger partial charge in [-0.1, -0.05) is 13.8 Å². The molecule has 0 aromatic carbocycles. The van der Waals surface area contributed by atoms with Crippen LogP contribution in [0.25, 0.3) is 0 Å². The number of amides is 2. The first-order chi connectivity index (χ1) is 10.4. The van der Waals surface area contributed by atoms with Gasteiger partial charge >= 0.3 is 0 Å². The van der Waals surface area contributed by atoms with Gasteiger partial charge in [0, 0.05) is 24.2 Å². The first kappa shape index (κ1) is 17.9. The van der Waals surface area contributed by atoms with E-state index in [1.165, 1.54) is 4.90 Å². The number of aliphatic hydroxyl groups is 1. The number of aliphatic hydroxyl groups excluding tert-OH is 1. The first-order valence-corrected chi connectivity index (χ1v) is 9.30. The lowest BCUT2D eigenvalue weighted by Gasteiger charge is -2.32. The summed E-state index contributed by atoms with van der Waals surface area (Å²) in [7, 11) is 5.53. The van der Waals surface area contributed by atoms with Crippen LogP contribution in [-0.4, -0.2) is 52.7 Å². The molecular weight excluding hydrogens is 297 g/mol. The van der Waals surface area contributed by atoms with Gasteiger partial charge in [0.15, 0.2) is 0 Å². The van der Waals surface area contributed by atoms with E-state index in [2.05, 4.69) is 13.8 Å². The minimum Gasteiger partial charge on any atom is -0.403 e. The summed E-state index contributed by atoms with van der Waals surface area (Å²) in [5.74, 6) is 0.494. The topological polar surface area (TPSA) is 57.6 Å². The van der Waals surface area contributed by atoms with Crippen LogP contribution in [0, 0.1) is 11.8 Å². The lowest BCUT2D eigenvalue weighted by molar-refractivity contribution is -0.139. The largest absolute Gasteiger partial charge is 0.403 e. The van der Waals surface area contributed by atoms with E-state index >= 15 is 0 Å². The van der Waals surface area contributed by atoms with E-state index in [0.29, 0.717) is 24.1 Å². The molecule has 2 aliphatic rings. The minimum atomic E-state index is -0.743. The molecule has 2 rings (SSSR count). The fourth-order valence-corrected chi connectivity index (χ4v) is 4.53. The van der Waals surface area contributed by atoms with Gasteiger partial charge in [0.25, 0.3) is 0 Å². The molecule has 0 aromatic rings. The Morgan fingerprint density at radius 1 is 1.32 bits per heavy atom. The number of carbonyl (C=O) groups is 2. The highest BCUT2D eigenvalue weighted by molar-refractivity contribution is 8.01. The van der Waals surface area contributed by atoms with Gasteiger partial charge in [0.05, 0.1) is 5.25 Å². The predicted molar refractivity (Wildman–Crippen MR) is 89.7 cm³/mol. The van der Waals surface area contributed by atoms with Gasteiger partial charge in [-0.25, -0.2) is 0 Å². The fourth-order valence-electron chi connectivity index (χ4n) is 3.30. The lowest BCUT2D eigenvalue weighted by Crippen LogP contribution is -2.38. The smallest absolute Gasteiger partial charge is 0.242 e. The van der Waals surface area contributed by atoms with Gasteiger partial charge in [-0.3, -0.25) is 14.5 Å². The Morgan fingerprint density at radius 3 is 2.50 bits per heavy atom. The van der Waals surface area contributed by atoms with Gasteiger partial charge in [-0.05, 0) is 43.9 Å². The molecule has 2 amide bonds. The zero-order chi connectivity index (χ0) is 16.3. The predicted octanol–water partition coefficient (Wildman–Crippen LogP) is 1.94. The number of carbonyl (C=O) groups excluding carboxylic acids is 2. The van der Waals surface area contributed by atoms with Crippen LogP contribution in [0.15, 0.2) is 0 Å². The SMILES string of the molecule is [B]C(O)C1CCC(CN2C(=O)CC(SC(C)CC)C2=O)CC1. The quantitative estimate of drug-likeness (QED) is 0.599. The summed E-state index contributed by atoms with van der Waals surface area (Å²) in [5, 5.41) is 9.65. The van der Waals surface area contributed by atoms with Crippen molar-refractivity contribution in [3.8, 4) is 0 Å². The third kappa shape index (κ3) is 4.28. The molecule has 2 radical (unpaired) electrons. The van der Waals surface area contributed by atoms with Gasteiger partial charge in [0.1, 0.15) is 7.85 Å². The Balaban J connectivity index is 1.85. The van der Waals surface area contributed by atoms with Gasteiger partial charge in [-0.15, -0.1) is 11.8 Å². The summed E-state index contributed by atoms with van der Waals surface area (Å²) in [5.41, 5.74) is 0. The molecule has 122 valence electrons. The van der Waals surface area contributed by atoms with E-state index in [9.17, 15) is 14.7 Å². The second-order valence-electron chi connectivity index (χ2n) is 6.66. The molecule has 0 bridgehead atoms. The third-order valence-electron chi connectivity index (χ3n) is 4.99. The maximum atomic E-state index is 12.4. The number of rotatable bonds is 6. The van der Waals surface area contributed by atoms with E-state index in [-0.39, 0.29) is 23.0 Å². The van der Waals surface area contributed by atoms with E-state index in [1.807, 2.05) is 0 Å².